The van der Waals surface area contributed by atoms with Crippen LogP contribution in [-0.4, -0.2) is 100 Å². The topological polar surface area (TPSA) is 241 Å². The van der Waals surface area contributed by atoms with Crippen LogP contribution in [0.2, 0.25) is 0 Å². The van der Waals surface area contributed by atoms with Crippen molar-refractivity contribution in [2.45, 2.75) is 44.2 Å². The molecule has 0 bridgehead atoms. The molecule has 0 amide bonds. The molecule has 0 aliphatic carbocycles. The van der Waals surface area contributed by atoms with E-state index in [0.717, 1.165) is 0 Å². The Bertz CT molecular complexity index is 1110. The van der Waals surface area contributed by atoms with Crippen molar-refractivity contribution in [3.05, 3.63) is 10.4 Å². The summed E-state index contributed by atoms with van der Waals surface area (Å²) in [5, 5.41) is 62.1. The Morgan fingerprint density at radius 2 is 1.91 bits per heavy atom. The second-order valence-electron chi connectivity index (χ2n) is 6.76. The molecule has 5 unspecified atom stereocenters. The summed E-state index contributed by atoms with van der Waals surface area (Å²) in [7, 11) is -4.26. The Labute approximate surface area is 184 Å². The van der Waals surface area contributed by atoms with Crippen LogP contribution in [-0.2, 0) is 23.1 Å². The number of nitrogens with one attached hydrogen (secondary N) is 1. The minimum Gasteiger partial charge on any atom is -0.479 e. The third-order valence-electron chi connectivity index (χ3n) is 4.69. The van der Waals surface area contributed by atoms with Crippen LogP contribution in [0.5, 0.6) is 0 Å². The lowest BCUT2D eigenvalue weighted by Crippen LogP contribution is -2.37. The molecular formula is C15H23N6O11P. The van der Waals surface area contributed by atoms with Gasteiger partial charge in [0.15, 0.2) is 23.1 Å². The zero-order valence-corrected chi connectivity index (χ0v) is 18.3. The van der Waals surface area contributed by atoms with Crippen molar-refractivity contribution < 1.29 is 48.8 Å². The molecule has 184 valence electrons. The van der Waals surface area contributed by atoms with Gasteiger partial charge >= 0.3 is 19.1 Å². The van der Waals surface area contributed by atoms with Gasteiger partial charge in [-0.2, -0.15) is 4.68 Å². The van der Waals surface area contributed by atoms with Gasteiger partial charge in [-0.3, -0.25) is 9.36 Å². The average Bonchev–Trinajstić information content (AvgIpc) is 3.23. The van der Waals surface area contributed by atoms with E-state index in [-0.39, 0.29) is 18.1 Å². The number of carbonyl (C=O) groups is 1. The normalized spacial score (nSPS) is 24.3. The lowest BCUT2D eigenvalue weighted by atomic mass is 10.1. The second-order valence-corrected chi connectivity index (χ2v) is 8.88. The quantitative estimate of drug-likeness (QED) is 0.153. The Balaban J connectivity index is 2.03. The summed E-state index contributed by atoms with van der Waals surface area (Å²) in [6.45, 7) is 2.05. The summed E-state index contributed by atoms with van der Waals surface area (Å²) in [6, 6.07) is 0. The van der Waals surface area contributed by atoms with Crippen molar-refractivity contribution in [2.75, 3.05) is 25.1 Å². The molecule has 1 saturated heterocycles. The molecule has 18 heteroatoms. The maximum atomic E-state index is 12.9. The van der Waals surface area contributed by atoms with Crippen LogP contribution in [0.3, 0.4) is 0 Å². The number of nitrogens with zero attached hydrogens (tertiary/aromatic N) is 5. The van der Waals surface area contributed by atoms with E-state index in [1.807, 2.05) is 0 Å². The number of anilines is 1. The smallest absolute Gasteiger partial charge is 0.364 e. The number of aliphatic carboxylic acids is 1. The summed E-state index contributed by atoms with van der Waals surface area (Å²) in [5.74, 6) is -4.08. The highest BCUT2D eigenvalue weighted by Gasteiger charge is 2.45. The largest absolute Gasteiger partial charge is 0.479 e. The van der Waals surface area contributed by atoms with Crippen molar-refractivity contribution in [3.8, 4) is 0 Å². The van der Waals surface area contributed by atoms with Crippen LogP contribution >= 0.6 is 7.60 Å². The monoisotopic (exact) mass is 494 g/mol. The number of aliphatic hydroxyl groups is 3. The first kappa shape index (κ1) is 25.0. The van der Waals surface area contributed by atoms with Gasteiger partial charge in [-0.25, -0.2) is 4.79 Å². The highest BCUT2D eigenvalue weighted by atomic mass is 31.2. The van der Waals surface area contributed by atoms with Crippen LogP contribution in [0, 0.1) is 0 Å². The number of fused-ring (bicyclic) bond motifs is 1. The Morgan fingerprint density at radius 1 is 1.27 bits per heavy atom. The van der Waals surface area contributed by atoms with Crippen molar-refractivity contribution in [3.63, 3.8) is 0 Å². The van der Waals surface area contributed by atoms with Gasteiger partial charge in [-0.1, -0.05) is 10.1 Å². The van der Waals surface area contributed by atoms with Crippen molar-refractivity contribution in [2.24, 2.45) is 0 Å². The number of carboxylic acid groups (broad SMARTS) is 1. The summed E-state index contributed by atoms with van der Waals surface area (Å²) in [5.41, 5.74) is -2.09. The molecule has 2 aromatic rings. The standard InChI is InChI=1S/C15H23N6O11P/c1-3-30-33(29,31-4-2)12(15(26)27)16-11-7-8(21(28)18-11)13(25)20(19-17-7)14-10(24)9(23)6(5-22)32-14/h6,9-10,12,14,22-24,28H,3-5H2,1-2H3,(H,16,18)(H,26,27). The zero-order chi connectivity index (χ0) is 24.5. The summed E-state index contributed by atoms with van der Waals surface area (Å²) < 4.78 is 28.8. The van der Waals surface area contributed by atoms with Crippen molar-refractivity contribution in [1.29, 1.82) is 0 Å². The first-order valence-electron chi connectivity index (χ1n) is 9.67. The molecule has 1 aliphatic rings. The summed E-state index contributed by atoms with van der Waals surface area (Å²) in [6.07, 6.45) is -5.92. The molecular weight excluding hydrogens is 471 g/mol. The molecule has 0 aromatic carbocycles. The number of hydrogen-bond donors (Lipinski definition) is 6. The number of carboxylic acids is 1. The van der Waals surface area contributed by atoms with E-state index in [1.54, 1.807) is 0 Å². The van der Waals surface area contributed by atoms with Gasteiger partial charge in [0, 0.05) is 0 Å². The van der Waals surface area contributed by atoms with E-state index >= 15 is 0 Å². The highest BCUT2D eigenvalue weighted by Crippen LogP contribution is 2.53. The maximum Gasteiger partial charge on any atom is 0.364 e. The Kier molecular flexibility index (Phi) is 7.32. The molecule has 0 spiro atoms. The van der Waals surface area contributed by atoms with Crippen LogP contribution < -0.4 is 10.9 Å². The number of ether oxygens (including phenoxy) is 1. The maximum absolute atomic E-state index is 12.9. The predicted octanol–water partition coefficient (Wildman–Crippen LogP) is -2.07. The first-order chi connectivity index (χ1) is 15.6. The molecule has 3 rings (SSSR count). The third-order valence-corrected chi connectivity index (χ3v) is 6.91. The number of aromatic nitrogens is 5. The van der Waals surface area contributed by atoms with Crippen molar-refractivity contribution in [1.82, 2.24) is 24.9 Å². The third kappa shape index (κ3) is 4.43. The van der Waals surface area contributed by atoms with Gasteiger partial charge in [-0.15, -0.1) is 10.2 Å². The van der Waals surface area contributed by atoms with Gasteiger partial charge in [0.2, 0.25) is 5.78 Å². The molecule has 3 heterocycles. The Morgan fingerprint density at radius 3 is 2.42 bits per heavy atom. The van der Waals surface area contributed by atoms with E-state index in [1.165, 1.54) is 13.8 Å². The minimum absolute atomic E-state index is 0.0810. The van der Waals surface area contributed by atoms with Gasteiger partial charge < -0.3 is 44.7 Å². The van der Waals surface area contributed by atoms with Crippen LogP contribution in [0.4, 0.5) is 5.82 Å². The Hall–Kier alpha value is -2.66. The second kappa shape index (κ2) is 9.68. The van der Waals surface area contributed by atoms with E-state index in [4.69, 9.17) is 13.8 Å². The van der Waals surface area contributed by atoms with E-state index in [0.29, 0.717) is 4.68 Å². The molecule has 17 nitrogen and oxygen atoms in total. The fourth-order valence-corrected chi connectivity index (χ4v) is 4.86. The summed E-state index contributed by atoms with van der Waals surface area (Å²) in [4.78, 5) is 24.7. The molecule has 33 heavy (non-hydrogen) atoms. The fourth-order valence-electron chi connectivity index (χ4n) is 3.22. The van der Waals surface area contributed by atoms with Gasteiger partial charge in [0.1, 0.15) is 18.3 Å². The molecule has 6 N–H and O–H groups in total. The average molecular weight is 494 g/mol. The van der Waals surface area contributed by atoms with E-state index in [2.05, 4.69) is 20.7 Å². The highest BCUT2D eigenvalue weighted by molar-refractivity contribution is 7.55. The number of rotatable bonds is 10. The SMILES string of the molecule is CCOP(=O)(OCC)C(Nc1nn(O)c2c(=O)n(C3OC(CO)C(O)C3O)nnc12)C(=O)O. The van der Waals surface area contributed by atoms with Crippen LogP contribution in [0.15, 0.2) is 4.79 Å². The molecule has 1 aliphatic heterocycles. The lowest BCUT2D eigenvalue weighted by Gasteiger charge is -2.23. The predicted molar refractivity (Wildman–Crippen MR) is 106 cm³/mol. The number of aliphatic hydroxyl groups excluding tert-OH is 3. The van der Waals surface area contributed by atoms with Crippen LogP contribution in [0.1, 0.15) is 20.1 Å². The molecule has 1 fully saturated rings. The number of hydrogen-bond acceptors (Lipinski definition) is 14. The first-order valence-corrected chi connectivity index (χ1v) is 11.3. The fraction of sp³-hybridized carbons (Fsp3) is 0.667. The molecule has 2 aromatic heterocycles. The minimum atomic E-state index is -4.26. The van der Waals surface area contributed by atoms with Crippen molar-refractivity contribution >= 4 is 30.4 Å². The molecule has 0 saturated carbocycles. The zero-order valence-electron chi connectivity index (χ0n) is 17.4. The van der Waals surface area contributed by atoms with Crippen LogP contribution in [0.25, 0.3) is 11.0 Å². The van der Waals surface area contributed by atoms with Gasteiger partial charge in [0.05, 0.1) is 19.8 Å². The van der Waals surface area contributed by atoms with E-state index in [9.17, 15) is 39.8 Å². The van der Waals surface area contributed by atoms with Gasteiger partial charge in [0.25, 0.3) is 0 Å². The lowest BCUT2D eigenvalue weighted by molar-refractivity contribution is -0.136. The summed E-state index contributed by atoms with van der Waals surface area (Å²) >= 11 is 0. The van der Waals surface area contributed by atoms with E-state index < -0.39 is 72.9 Å². The molecule has 5 atom stereocenters. The molecule has 0 radical (unpaired) electrons. The van der Waals surface area contributed by atoms with Gasteiger partial charge in [-0.05, 0) is 13.8 Å².